The number of hydrogen-bond donors (Lipinski definition) is 11. The predicted octanol–water partition coefficient (Wildman–Crippen LogP) is 17.8. The molecular weight excluding hydrogens is 1620 g/mol. The molecule has 0 spiro atoms. The third kappa shape index (κ3) is 21.2. The van der Waals surface area contributed by atoms with Gasteiger partial charge in [-0.05, 0) is 176 Å². The van der Waals surface area contributed by atoms with Gasteiger partial charge in [-0.3, -0.25) is 19.5 Å². The van der Waals surface area contributed by atoms with Crippen LogP contribution in [0.25, 0.3) is 55.6 Å². The van der Waals surface area contributed by atoms with Crippen molar-refractivity contribution in [2.45, 2.75) is 130 Å². The van der Waals surface area contributed by atoms with Crippen LogP contribution in [0.15, 0.2) is 202 Å². The molecule has 118 heavy (non-hydrogen) atoms. The Bertz CT molecular complexity index is 6030. The molecule has 0 radical (unpaired) electrons. The first-order valence-corrected chi connectivity index (χ1v) is 41.9. The third-order valence-electron chi connectivity index (χ3n) is 19.7. The number of H-pyrrole nitrogens is 3. The zero-order valence-electron chi connectivity index (χ0n) is 66.5. The highest BCUT2D eigenvalue weighted by atomic mass is 79.9. The second-order valence-corrected chi connectivity index (χ2v) is 32.9. The van der Waals surface area contributed by atoms with Crippen molar-refractivity contribution in [3.05, 3.63) is 253 Å². The molecule has 1 atom stereocenters. The van der Waals surface area contributed by atoms with Gasteiger partial charge in [0.05, 0.1) is 85.8 Å². The molecule has 14 aromatic rings. The van der Waals surface area contributed by atoms with E-state index in [2.05, 4.69) is 172 Å². The maximum atomic E-state index is 12.5. The molecule has 1 saturated heterocycles. The van der Waals surface area contributed by atoms with Gasteiger partial charge in [-0.25, -0.2) is 28.4 Å². The van der Waals surface area contributed by atoms with Crippen molar-refractivity contribution < 1.29 is 38.1 Å². The van der Waals surface area contributed by atoms with Crippen LogP contribution in [0.1, 0.15) is 132 Å². The minimum absolute atomic E-state index is 0.00197. The van der Waals surface area contributed by atoms with E-state index in [0.29, 0.717) is 65.3 Å². The number of aliphatic hydroxyl groups is 1. The Morgan fingerprint density at radius 1 is 0.746 bits per heavy atom. The summed E-state index contributed by atoms with van der Waals surface area (Å²) >= 11 is 15.5. The second-order valence-electron chi connectivity index (χ2n) is 29.2. The van der Waals surface area contributed by atoms with Crippen LogP contribution in [-0.2, 0) is 40.4 Å². The number of amides is 2. The molecule has 8 heterocycles. The minimum atomic E-state index is -3.19. The highest BCUT2D eigenvalue weighted by Gasteiger charge is 2.26. The van der Waals surface area contributed by atoms with Crippen molar-refractivity contribution in [3.8, 4) is 34.3 Å². The molecule has 1 aliphatic heterocycles. The van der Waals surface area contributed by atoms with Gasteiger partial charge >= 0.3 is 0 Å². The minimum Gasteiger partial charge on any atom is -0.508 e. The van der Waals surface area contributed by atoms with Gasteiger partial charge in [-0.2, -0.15) is 20.2 Å². The van der Waals surface area contributed by atoms with E-state index in [1.165, 1.54) is 34.5 Å². The number of phenols is 1. The smallest absolute Gasteiger partial charge is 0.271 e. The van der Waals surface area contributed by atoms with Gasteiger partial charge in [-0.1, -0.05) is 136 Å². The van der Waals surface area contributed by atoms with E-state index in [-0.39, 0.29) is 75.3 Å². The topological polar surface area (TPSA) is 378 Å². The van der Waals surface area contributed by atoms with E-state index in [1.54, 1.807) is 67.1 Å². The van der Waals surface area contributed by atoms with Crippen molar-refractivity contribution in [1.29, 1.82) is 0 Å². The third-order valence-corrected chi connectivity index (χ3v) is 22.0. The molecule has 2 amide bonds. The maximum Gasteiger partial charge on any atom is 0.271 e. The summed E-state index contributed by atoms with van der Waals surface area (Å²) in [5, 5.41) is 61.9. The van der Waals surface area contributed by atoms with Crippen LogP contribution in [-0.4, -0.2) is 139 Å². The van der Waals surface area contributed by atoms with E-state index >= 15 is 0 Å². The largest absolute Gasteiger partial charge is 0.508 e. The fourth-order valence-electron chi connectivity index (χ4n) is 13.5. The number of ketones is 1. The number of imidazole rings is 2. The summed E-state index contributed by atoms with van der Waals surface area (Å²) in [5.74, 6) is 2.37. The van der Waals surface area contributed by atoms with Gasteiger partial charge in [0.1, 0.15) is 28.9 Å². The number of aliphatic hydroxyl groups excluding tert-OH is 1. The molecule has 11 N–H and O–H groups in total. The molecular formula is C87H92BrCl2N19O8S. The number of azo groups is 1. The number of aryl methyl sites for hydroxylation is 3. The van der Waals surface area contributed by atoms with Crippen LogP contribution in [0.4, 0.5) is 28.8 Å². The Morgan fingerprint density at radius 2 is 1.47 bits per heavy atom. The van der Waals surface area contributed by atoms with E-state index in [1.807, 2.05) is 104 Å². The summed E-state index contributed by atoms with van der Waals surface area (Å²) in [6.07, 6.45) is 12.0. The lowest BCUT2D eigenvalue weighted by Gasteiger charge is -2.23. The average molecular weight is 1710 g/mol. The number of anilines is 3. The van der Waals surface area contributed by atoms with E-state index in [4.69, 9.17) is 23.2 Å². The van der Waals surface area contributed by atoms with Crippen LogP contribution >= 0.6 is 39.1 Å². The number of nitrogens with one attached hydrogen (secondary N) is 8. The van der Waals surface area contributed by atoms with Crippen molar-refractivity contribution in [3.63, 3.8) is 0 Å². The van der Waals surface area contributed by atoms with Gasteiger partial charge in [-0.15, -0.1) is 5.11 Å². The number of hydrogen-bond acceptors (Lipinski definition) is 20. The van der Waals surface area contributed by atoms with Crippen LogP contribution in [0.5, 0.6) is 11.6 Å². The number of aromatic amines is 3. The average Bonchev–Trinajstić information content (AvgIpc) is 1.61. The van der Waals surface area contributed by atoms with Crippen molar-refractivity contribution >= 4 is 128 Å². The van der Waals surface area contributed by atoms with Crippen LogP contribution in [0.2, 0.25) is 10.0 Å². The Kier molecular flexibility index (Phi) is 28.1. The Hall–Kier alpha value is -12.0. The highest BCUT2D eigenvalue weighted by Crippen LogP contribution is 2.39. The Morgan fingerprint density at radius 3 is 2.19 bits per heavy atom. The van der Waals surface area contributed by atoms with E-state index < -0.39 is 15.7 Å². The summed E-state index contributed by atoms with van der Waals surface area (Å²) in [5.41, 5.74) is 15.6. The van der Waals surface area contributed by atoms with E-state index in [0.717, 1.165) is 110 Å². The van der Waals surface area contributed by atoms with Crippen LogP contribution in [0, 0.1) is 20.8 Å². The lowest BCUT2D eigenvalue weighted by molar-refractivity contribution is -0.117. The molecule has 2 aliphatic rings. The van der Waals surface area contributed by atoms with Crippen molar-refractivity contribution in [2.75, 3.05) is 41.9 Å². The summed E-state index contributed by atoms with van der Waals surface area (Å²) in [4.78, 5) is 70.9. The van der Waals surface area contributed by atoms with Gasteiger partial charge in [0.15, 0.2) is 32.5 Å². The zero-order chi connectivity index (χ0) is 83.9. The number of Topliss-reactive ketones (excluding diaryl/α,β-unsaturated/α-hetero) is 1. The first-order chi connectivity index (χ1) is 56.7. The maximum absolute atomic E-state index is 12.5. The van der Waals surface area contributed by atoms with Gasteiger partial charge < -0.3 is 61.0 Å². The molecule has 1 aliphatic carbocycles. The van der Waals surface area contributed by atoms with Gasteiger partial charge in [0, 0.05) is 88.3 Å². The first kappa shape index (κ1) is 85.4. The van der Waals surface area contributed by atoms with E-state index in [9.17, 15) is 38.1 Å². The summed E-state index contributed by atoms with van der Waals surface area (Å²) in [7, 11) is -3.19. The SMILES string of the molecule is CCC(CO)Nc1nc(NCc2ccccc2O)c2ncn(C(C)C)c2n1.Cc1ccc(N=Nc2c(O)[nH]c3cc(Br)ccc23)cc1.Cc1ccc2[nH]c3c(c2c1)CC(=O)Cc1ccccc1-3.Cc1ncc(-c2ccnc(Cc3ccc(S(C)(=O)=O)cc3)n2)n1C(C)C.O=C(NC1CCNCC1)c1[nH]ncc1NC(=O)c1c(Cl)cccc1Cl. The number of aromatic hydroxyl groups is 2. The Labute approximate surface area is 701 Å². The van der Waals surface area contributed by atoms with Crippen molar-refractivity contribution in [1.82, 2.24) is 69.8 Å². The number of carbonyl (C=O) groups is 3. The number of fused-ring (bicyclic) bond motifs is 7. The molecule has 7 aromatic carbocycles. The summed E-state index contributed by atoms with van der Waals surface area (Å²) in [6, 6.07) is 49.1. The molecule has 16 rings (SSSR count). The molecule has 31 heteroatoms. The quantitative estimate of drug-likeness (QED) is 0.0335. The fourth-order valence-corrected chi connectivity index (χ4v) is 15.1. The number of halogens is 3. The lowest BCUT2D eigenvalue weighted by atomic mass is 10.0. The van der Waals surface area contributed by atoms with Crippen molar-refractivity contribution in [2.24, 2.45) is 10.2 Å². The summed E-state index contributed by atoms with van der Waals surface area (Å²) in [6.45, 7) is 18.6. The lowest BCUT2D eigenvalue weighted by Crippen LogP contribution is -2.43. The van der Waals surface area contributed by atoms with Crippen LogP contribution < -0.4 is 26.6 Å². The number of rotatable bonds is 19. The number of phenolic OH excluding ortho intramolecular Hbond substituents is 1. The molecule has 0 saturated carbocycles. The number of aromatic nitrogens is 12. The first-order valence-electron chi connectivity index (χ1n) is 38.5. The molecule has 1 fully saturated rings. The fraction of sp³-hybridized carbons (Fsp3) is 0.264. The van der Waals surface area contributed by atoms with Crippen LogP contribution in [0.3, 0.4) is 0 Å². The molecule has 0 bridgehead atoms. The number of piperidine rings is 1. The molecule has 1 unspecified atom stereocenters. The standard InChI is InChI=1S/C19H26N6O2.C19H22N4O2S.C18H15NO.C16H17Cl2N5O2.C15H12BrN3O/c1-4-14(10-26)22-19-23-17(20-9-13-7-5-6-8-15(13)27)16-18(24-19)25(11-21-16)12(2)3;1-13(2)23-14(3)21-12-18(23)17-9-10-20-19(22-17)11-15-5-7-16(8-6-15)26(4,24)25;1-11-6-7-17-15(8-11)16-10-13(20)9-12-4-2-3-5-14(12)18(16)19-17;17-10-2-1-3-11(18)13(10)15(24)22-12-8-20-23-14(12)16(25)21-9-4-6-19-7-5-9;1-9-2-5-11(6-3-9)18-19-14-12-7-4-10(16)8-13(12)17-15(14)20/h5-8,11-12,14,26-27H,4,9-10H2,1-3H3,(H2,20,22,23,24);5-10,12-13H,11H2,1-4H3;2-8,19H,9-10H2,1H3;1-3,8-9,19H,4-7H2,(H,20,23)(H,21,25)(H,22,24);2-8,17,20H,1H3. The second kappa shape index (κ2) is 38.8. The summed E-state index contributed by atoms with van der Waals surface area (Å²) < 4.78 is 28.2. The predicted molar refractivity (Wildman–Crippen MR) is 467 cm³/mol. The zero-order valence-corrected chi connectivity index (χ0v) is 70.5. The molecule has 610 valence electrons. The molecule has 27 nitrogen and oxygen atoms in total. The molecule has 7 aromatic heterocycles. The number of nitrogens with zero attached hydrogens (tertiary/aromatic N) is 11. The normalized spacial score (nSPS) is 13.0. The Balaban J connectivity index is 0.000000136. The monoisotopic (exact) mass is 1710 g/mol. The number of para-hydroxylation sites is 1. The highest BCUT2D eigenvalue weighted by molar-refractivity contribution is 9.10. The van der Waals surface area contributed by atoms with Gasteiger partial charge in [0.2, 0.25) is 11.8 Å². The van der Waals surface area contributed by atoms with Gasteiger partial charge in [0.25, 0.3) is 11.8 Å². The number of carbonyl (C=O) groups excluding carboxylic acids is 3. The number of sulfone groups is 1. The number of benzene rings is 7.